The molecule has 6 rings (SSSR count). The maximum atomic E-state index is 13.1. The van der Waals surface area contributed by atoms with Crippen LogP contribution in [0.4, 0.5) is 5.82 Å². The molecule has 1 aliphatic rings. The molecule has 0 unspecified atom stereocenters. The average molecular weight is 466 g/mol. The zero-order chi connectivity index (χ0) is 24.1. The fourth-order valence-electron chi connectivity index (χ4n) is 4.42. The van der Waals surface area contributed by atoms with E-state index in [2.05, 4.69) is 41.3 Å². The summed E-state index contributed by atoms with van der Waals surface area (Å²) in [7, 11) is 0. The summed E-state index contributed by atoms with van der Waals surface area (Å²) in [6.07, 6.45) is 0. The normalized spacial score (nSPS) is 12.4. The summed E-state index contributed by atoms with van der Waals surface area (Å²) >= 11 is 0. The van der Waals surface area contributed by atoms with Crippen molar-refractivity contribution in [3.05, 3.63) is 83.2 Å². The standard InChI is InChI=1S/C27H23N5O3/c1-15-7-9-18(11-16(15)2)32-20-6-4-3-5-19(20)23-24(28)30-25(31-26(23)32)27(33)29-13-17-8-10-21-22(12-17)35-14-34-21/h3-12H,13-14H2,1-2H3,(H,29,33)(H2,28,30,31). The molecule has 3 aromatic carbocycles. The Hall–Kier alpha value is -4.59. The fraction of sp³-hybridized carbons (Fsp3) is 0.148. The summed E-state index contributed by atoms with van der Waals surface area (Å²) < 4.78 is 12.8. The van der Waals surface area contributed by atoms with Crippen LogP contribution in [-0.4, -0.2) is 27.2 Å². The number of amides is 1. The molecule has 2 aromatic heterocycles. The highest BCUT2D eigenvalue weighted by Gasteiger charge is 2.21. The first-order valence-electron chi connectivity index (χ1n) is 11.3. The highest BCUT2D eigenvalue weighted by molar-refractivity contribution is 6.13. The van der Waals surface area contributed by atoms with Gasteiger partial charge in [0.1, 0.15) is 5.82 Å². The van der Waals surface area contributed by atoms with E-state index < -0.39 is 5.91 Å². The summed E-state index contributed by atoms with van der Waals surface area (Å²) in [5.41, 5.74) is 12.1. The van der Waals surface area contributed by atoms with Gasteiger partial charge in [-0.25, -0.2) is 9.97 Å². The van der Waals surface area contributed by atoms with Gasteiger partial charge >= 0.3 is 0 Å². The Morgan fingerprint density at radius 3 is 2.69 bits per heavy atom. The van der Waals surface area contributed by atoms with Gasteiger partial charge in [0.25, 0.3) is 5.91 Å². The maximum absolute atomic E-state index is 13.1. The van der Waals surface area contributed by atoms with Gasteiger partial charge in [-0.2, -0.15) is 0 Å². The number of carbonyl (C=O) groups is 1. The third kappa shape index (κ3) is 3.50. The Morgan fingerprint density at radius 1 is 1.00 bits per heavy atom. The number of hydrogen-bond acceptors (Lipinski definition) is 6. The largest absolute Gasteiger partial charge is 0.454 e. The van der Waals surface area contributed by atoms with Crippen LogP contribution in [0.5, 0.6) is 11.5 Å². The van der Waals surface area contributed by atoms with Crippen molar-refractivity contribution in [2.75, 3.05) is 12.5 Å². The van der Waals surface area contributed by atoms with Crippen LogP contribution < -0.4 is 20.5 Å². The van der Waals surface area contributed by atoms with Gasteiger partial charge in [-0.15, -0.1) is 0 Å². The van der Waals surface area contributed by atoms with Crippen LogP contribution in [0.1, 0.15) is 27.3 Å². The Morgan fingerprint density at radius 2 is 1.83 bits per heavy atom. The van der Waals surface area contributed by atoms with E-state index in [1.165, 1.54) is 5.56 Å². The number of ether oxygens (including phenoxy) is 2. The second kappa shape index (κ2) is 8.02. The summed E-state index contributed by atoms with van der Waals surface area (Å²) in [6, 6.07) is 19.7. The molecule has 0 fully saturated rings. The van der Waals surface area contributed by atoms with E-state index in [1.54, 1.807) is 0 Å². The third-order valence-electron chi connectivity index (χ3n) is 6.39. The summed E-state index contributed by atoms with van der Waals surface area (Å²) in [5.74, 6) is 1.23. The minimum absolute atomic E-state index is 0.0173. The van der Waals surface area contributed by atoms with Crippen molar-refractivity contribution in [2.24, 2.45) is 0 Å². The molecule has 0 saturated heterocycles. The van der Waals surface area contributed by atoms with E-state index in [0.717, 1.165) is 33.1 Å². The van der Waals surface area contributed by atoms with Crippen LogP contribution in [0.25, 0.3) is 27.6 Å². The van der Waals surface area contributed by atoms with Gasteiger partial charge in [-0.1, -0.05) is 30.3 Å². The number of nitrogen functional groups attached to an aromatic ring is 1. The van der Waals surface area contributed by atoms with Gasteiger partial charge in [0.15, 0.2) is 17.1 Å². The molecule has 174 valence electrons. The lowest BCUT2D eigenvalue weighted by Crippen LogP contribution is -2.25. The van der Waals surface area contributed by atoms with Gasteiger partial charge in [-0.3, -0.25) is 9.36 Å². The zero-order valence-corrected chi connectivity index (χ0v) is 19.3. The molecule has 35 heavy (non-hydrogen) atoms. The highest BCUT2D eigenvalue weighted by atomic mass is 16.7. The number of benzene rings is 3. The van der Waals surface area contributed by atoms with Gasteiger partial charge in [0, 0.05) is 17.6 Å². The first-order chi connectivity index (χ1) is 17.0. The monoisotopic (exact) mass is 465 g/mol. The lowest BCUT2D eigenvalue weighted by atomic mass is 10.1. The summed E-state index contributed by atoms with van der Waals surface area (Å²) in [4.78, 5) is 22.1. The van der Waals surface area contributed by atoms with Crippen molar-refractivity contribution < 1.29 is 14.3 Å². The number of para-hydroxylation sites is 1. The Balaban J connectivity index is 1.41. The quantitative estimate of drug-likeness (QED) is 0.407. The van der Waals surface area contributed by atoms with Gasteiger partial charge in [-0.05, 0) is 60.9 Å². The molecule has 8 nitrogen and oxygen atoms in total. The molecule has 3 N–H and O–H groups in total. The zero-order valence-electron chi connectivity index (χ0n) is 19.3. The molecule has 0 spiro atoms. The number of rotatable bonds is 4. The van der Waals surface area contributed by atoms with E-state index >= 15 is 0 Å². The van der Waals surface area contributed by atoms with Crippen molar-refractivity contribution in [1.29, 1.82) is 0 Å². The summed E-state index contributed by atoms with van der Waals surface area (Å²) in [5, 5.41) is 4.55. The Labute approximate surface area is 201 Å². The van der Waals surface area contributed by atoms with Crippen molar-refractivity contribution in [2.45, 2.75) is 20.4 Å². The predicted octanol–water partition coefficient (Wildman–Crippen LogP) is 4.43. The SMILES string of the molecule is Cc1ccc(-n2c3ccccc3c3c(N)nc(C(=O)NCc4ccc5c(c4)OCO5)nc32)cc1C. The van der Waals surface area contributed by atoms with E-state index in [9.17, 15) is 4.79 Å². The minimum Gasteiger partial charge on any atom is -0.454 e. The van der Waals surface area contributed by atoms with E-state index in [-0.39, 0.29) is 25.0 Å². The second-order valence-corrected chi connectivity index (χ2v) is 8.62. The molecule has 5 aromatic rings. The number of nitrogens with two attached hydrogens (primary N) is 1. The number of nitrogens with one attached hydrogen (secondary N) is 1. The lowest BCUT2D eigenvalue weighted by Gasteiger charge is -2.11. The van der Waals surface area contributed by atoms with Crippen molar-refractivity contribution >= 4 is 33.7 Å². The fourth-order valence-corrected chi connectivity index (χ4v) is 4.42. The van der Waals surface area contributed by atoms with Crippen molar-refractivity contribution in [3.8, 4) is 17.2 Å². The molecule has 3 heterocycles. The Bertz CT molecular complexity index is 1640. The first kappa shape index (κ1) is 21.0. The van der Waals surface area contributed by atoms with Crippen molar-refractivity contribution in [1.82, 2.24) is 19.9 Å². The van der Waals surface area contributed by atoms with E-state index in [0.29, 0.717) is 17.1 Å². The van der Waals surface area contributed by atoms with Crippen LogP contribution in [0, 0.1) is 13.8 Å². The third-order valence-corrected chi connectivity index (χ3v) is 6.39. The maximum Gasteiger partial charge on any atom is 0.289 e. The molecule has 8 heteroatoms. The molecule has 0 bridgehead atoms. The molecular formula is C27H23N5O3. The lowest BCUT2D eigenvalue weighted by molar-refractivity contribution is 0.0941. The van der Waals surface area contributed by atoms with Gasteiger partial charge < -0.3 is 20.5 Å². The molecule has 0 aliphatic carbocycles. The van der Waals surface area contributed by atoms with Crippen LogP contribution in [-0.2, 0) is 6.54 Å². The second-order valence-electron chi connectivity index (χ2n) is 8.62. The number of nitrogens with zero attached hydrogens (tertiary/aromatic N) is 3. The van der Waals surface area contributed by atoms with Crippen LogP contribution in [0.3, 0.4) is 0 Å². The smallest absolute Gasteiger partial charge is 0.289 e. The first-order valence-corrected chi connectivity index (χ1v) is 11.3. The molecule has 0 radical (unpaired) electrons. The number of aryl methyl sites for hydroxylation is 2. The average Bonchev–Trinajstić information content (AvgIpc) is 3.46. The molecule has 0 atom stereocenters. The molecule has 1 amide bonds. The molecule has 1 aliphatic heterocycles. The minimum atomic E-state index is -0.409. The molecule has 0 saturated carbocycles. The van der Waals surface area contributed by atoms with E-state index in [1.807, 2.05) is 53.1 Å². The number of hydrogen-bond donors (Lipinski definition) is 2. The van der Waals surface area contributed by atoms with Crippen LogP contribution in [0.15, 0.2) is 60.7 Å². The number of fused-ring (bicyclic) bond motifs is 4. The number of anilines is 1. The van der Waals surface area contributed by atoms with E-state index in [4.69, 9.17) is 15.2 Å². The van der Waals surface area contributed by atoms with Crippen LogP contribution >= 0.6 is 0 Å². The van der Waals surface area contributed by atoms with Crippen LogP contribution in [0.2, 0.25) is 0 Å². The Kier molecular flexibility index (Phi) is 4.81. The number of carbonyl (C=O) groups excluding carboxylic acids is 1. The predicted molar refractivity (Wildman–Crippen MR) is 134 cm³/mol. The van der Waals surface area contributed by atoms with Gasteiger partial charge in [0.2, 0.25) is 12.6 Å². The van der Waals surface area contributed by atoms with Crippen molar-refractivity contribution in [3.63, 3.8) is 0 Å². The topological polar surface area (TPSA) is 104 Å². The summed E-state index contributed by atoms with van der Waals surface area (Å²) in [6.45, 7) is 4.64. The molecular weight excluding hydrogens is 442 g/mol. The highest BCUT2D eigenvalue weighted by Crippen LogP contribution is 2.34. The number of aromatic nitrogens is 3. The van der Waals surface area contributed by atoms with Gasteiger partial charge in [0.05, 0.1) is 10.9 Å².